The molecule has 5 nitrogen and oxygen atoms in total. The first-order valence-electron chi connectivity index (χ1n) is 5.03. The highest BCUT2D eigenvalue weighted by Gasteiger charge is 2.13. The zero-order chi connectivity index (χ0) is 12.1. The molecule has 1 rings (SSSR count). The lowest BCUT2D eigenvalue weighted by molar-refractivity contribution is -0.122. The van der Waals surface area contributed by atoms with Gasteiger partial charge in [0, 0.05) is 6.04 Å². The largest absolute Gasteiger partial charge is 0.352 e. The van der Waals surface area contributed by atoms with E-state index in [0.29, 0.717) is 11.0 Å². The lowest BCUT2D eigenvalue weighted by Crippen LogP contribution is -2.41. The van der Waals surface area contributed by atoms with E-state index in [0.717, 1.165) is 0 Å². The van der Waals surface area contributed by atoms with E-state index in [1.165, 1.54) is 12.4 Å². The van der Waals surface area contributed by atoms with Crippen molar-refractivity contribution in [3.05, 3.63) is 17.4 Å². The van der Waals surface area contributed by atoms with Crippen molar-refractivity contribution in [2.75, 3.05) is 5.32 Å². The van der Waals surface area contributed by atoms with Gasteiger partial charge in [0.1, 0.15) is 6.04 Å². The molecule has 2 N–H and O–H groups in total. The number of nitrogens with zero attached hydrogens (tertiary/aromatic N) is 2. The molecule has 1 atom stereocenters. The molecule has 0 fully saturated rings. The van der Waals surface area contributed by atoms with E-state index in [1.54, 1.807) is 6.92 Å². The number of aromatic nitrogens is 2. The smallest absolute Gasteiger partial charge is 0.242 e. The quantitative estimate of drug-likeness (QED) is 0.839. The topological polar surface area (TPSA) is 66.9 Å². The molecule has 0 spiro atoms. The maximum Gasteiger partial charge on any atom is 0.242 e. The van der Waals surface area contributed by atoms with Gasteiger partial charge < -0.3 is 10.6 Å². The number of hydrogen-bond donors (Lipinski definition) is 2. The minimum absolute atomic E-state index is 0.0893. The predicted molar refractivity (Wildman–Crippen MR) is 63.4 cm³/mol. The van der Waals surface area contributed by atoms with Gasteiger partial charge in [-0.15, -0.1) is 0 Å². The Labute approximate surface area is 99.6 Å². The molecule has 0 aliphatic heterocycles. The molecule has 16 heavy (non-hydrogen) atoms. The zero-order valence-electron chi connectivity index (χ0n) is 9.49. The molecule has 0 aromatic carbocycles. The Bertz CT molecular complexity index is 352. The van der Waals surface area contributed by atoms with Crippen molar-refractivity contribution in [3.63, 3.8) is 0 Å². The molecular formula is C10H15ClN4O. The molecule has 0 saturated carbocycles. The average Bonchev–Trinajstić information content (AvgIpc) is 2.20. The lowest BCUT2D eigenvalue weighted by atomic mass is 10.3. The van der Waals surface area contributed by atoms with E-state index < -0.39 is 0 Å². The van der Waals surface area contributed by atoms with Crippen LogP contribution in [-0.2, 0) is 4.79 Å². The van der Waals surface area contributed by atoms with Crippen molar-refractivity contribution in [1.29, 1.82) is 0 Å². The normalized spacial score (nSPS) is 12.3. The molecule has 1 heterocycles. The van der Waals surface area contributed by atoms with Crippen LogP contribution in [0.25, 0.3) is 0 Å². The number of amides is 1. The Kier molecular flexibility index (Phi) is 4.49. The van der Waals surface area contributed by atoms with Crippen LogP contribution in [0.1, 0.15) is 20.8 Å². The van der Waals surface area contributed by atoms with E-state index in [1.807, 2.05) is 13.8 Å². The highest BCUT2D eigenvalue weighted by molar-refractivity contribution is 6.30. The summed E-state index contributed by atoms with van der Waals surface area (Å²) >= 11 is 5.65. The molecule has 0 saturated heterocycles. The highest BCUT2D eigenvalue weighted by atomic mass is 35.5. The summed E-state index contributed by atoms with van der Waals surface area (Å²) in [7, 11) is 0. The number of anilines is 1. The third-order valence-corrected chi connectivity index (χ3v) is 1.99. The van der Waals surface area contributed by atoms with E-state index >= 15 is 0 Å². The van der Waals surface area contributed by atoms with Gasteiger partial charge in [-0.05, 0) is 20.8 Å². The summed E-state index contributed by atoms with van der Waals surface area (Å²) in [6.45, 7) is 5.56. The van der Waals surface area contributed by atoms with Gasteiger partial charge in [-0.2, -0.15) is 0 Å². The SMILES string of the molecule is CC(C)NC(=O)C(C)Nc1ncc(Cl)cn1. The van der Waals surface area contributed by atoms with Crippen molar-refractivity contribution < 1.29 is 4.79 Å². The maximum atomic E-state index is 11.6. The Morgan fingerprint density at radius 1 is 1.31 bits per heavy atom. The van der Waals surface area contributed by atoms with Crippen LogP contribution >= 0.6 is 11.6 Å². The van der Waals surface area contributed by atoms with Gasteiger partial charge in [-0.25, -0.2) is 9.97 Å². The Morgan fingerprint density at radius 3 is 2.38 bits per heavy atom. The van der Waals surface area contributed by atoms with Gasteiger partial charge in [0.15, 0.2) is 0 Å². The summed E-state index contributed by atoms with van der Waals surface area (Å²) in [5.74, 6) is 0.296. The van der Waals surface area contributed by atoms with Crippen LogP contribution in [0.15, 0.2) is 12.4 Å². The van der Waals surface area contributed by atoms with Gasteiger partial charge >= 0.3 is 0 Å². The molecule has 1 aromatic rings. The van der Waals surface area contributed by atoms with Crippen LogP contribution in [0.4, 0.5) is 5.95 Å². The van der Waals surface area contributed by atoms with E-state index in [9.17, 15) is 4.79 Å². The Balaban J connectivity index is 2.53. The second kappa shape index (κ2) is 5.65. The molecule has 0 aliphatic rings. The third kappa shape index (κ3) is 4.02. The van der Waals surface area contributed by atoms with Gasteiger partial charge in [0.25, 0.3) is 0 Å². The standard InChI is InChI=1S/C10H15ClN4O/c1-6(2)14-9(16)7(3)15-10-12-4-8(11)5-13-10/h4-7H,1-3H3,(H,14,16)(H,12,13,15). The first kappa shape index (κ1) is 12.7. The molecule has 1 unspecified atom stereocenters. The predicted octanol–water partition coefficient (Wildman–Crippen LogP) is 1.45. The number of carbonyl (C=O) groups excluding carboxylic acids is 1. The molecule has 0 bridgehead atoms. The fraction of sp³-hybridized carbons (Fsp3) is 0.500. The van der Waals surface area contributed by atoms with E-state index in [4.69, 9.17) is 11.6 Å². The van der Waals surface area contributed by atoms with Crippen LogP contribution < -0.4 is 10.6 Å². The van der Waals surface area contributed by atoms with Gasteiger partial charge in [-0.3, -0.25) is 4.79 Å². The van der Waals surface area contributed by atoms with Crippen LogP contribution in [0.3, 0.4) is 0 Å². The van der Waals surface area contributed by atoms with Crippen molar-refractivity contribution in [2.24, 2.45) is 0 Å². The second-order valence-corrected chi connectivity index (χ2v) is 4.19. The summed E-state index contributed by atoms with van der Waals surface area (Å²) in [6.07, 6.45) is 2.95. The second-order valence-electron chi connectivity index (χ2n) is 3.75. The minimum Gasteiger partial charge on any atom is -0.352 e. The van der Waals surface area contributed by atoms with Gasteiger partial charge in [-0.1, -0.05) is 11.6 Å². The average molecular weight is 243 g/mol. The Hall–Kier alpha value is -1.36. The maximum absolute atomic E-state index is 11.6. The van der Waals surface area contributed by atoms with Crippen molar-refractivity contribution in [1.82, 2.24) is 15.3 Å². The highest BCUT2D eigenvalue weighted by Crippen LogP contribution is 2.06. The first-order valence-corrected chi connectivity index (χ1v) is 5.41. The van der Waals surface area contributed by atoms with Crippen molar-refractivity contribution >= 4 is 23.5 Å². The molecule has 88 valence electrons. The van der Waals surface area contributed by atoms with Crippen LogP contribution in [0, 0.1) is 0 Å². The monoisotopic (exact) mass is 242 g/mol. The molecule has 0 radical (unpaired) electrons. The van der Waals surface area contributed by atoms with E-state index in [-0.39, 0.29) is 18.0 Å². The summed E-state index contributed by atoms with van der Waals surface area (Å²) in [4.78, 5) is 19.5. The number of hydrogen-bond acceptors (Lipinski definition) is 4. The van der Waals surface area contributed by atoms with Gasteiger partial charge in [0.2, 0.25) is 11.9 Å². The summed E-state index contributed by atoms with van der Waals surface area (Å²) in [5, 5.41) is 6.14. The summed E-state index contributed by atoms with van der Waals surface area (Å²) in [5.41, 5.74) is 0. The van der Waals surface area contributed by atoms with Gasteiger partial charge in [0.05, 0.1) is 17.4 Å². The number of nitrogens with one attached hydrogen (secondary N) is 2. The van der Waals surface area contributed by atoms with Crippen LogP contribution in [0.2, 0.25) is 5.02 Å². The Morgan fingerprint density at radius 2 is 1.88 bits per heavy atom. The van der Waals surface area contributed by atoms with Crippen LogP contribution in [0.5, 0.6) is 0 Å². The minimum atomic E-state index is -0.386. The third-order valence-electron chi connectivity index (χ3n) is 1.79. The fourth-order valence-electron chi connectivity index (χ4n) is 1.06. The summed E-state index contributed by atoms with van der Waals surface area (Å²) in [6, 6.07) is -0.272. The number of rotatable bonds is 4. The lowest BCUT2D eigenvalue weighted by Gasteiger charge is -2.15. The molecule has 1 amide bonds. The molecular weight excluding hydrogens is 228 g/mol. The van der Waals surface area contributed by atoms with Crippen LogP contribution in [-0.4, -0.2) is 28.0 Å². The van der Waals surface area contributed by atoms with E-state index in [2.05, 4.69) is 20.6 Å². The number of halogens is 1. The first-order chi connectivity index (χ1) is 7.49. The number of carbonyl (C=O) groups is 1. The molecule has 6 heteroatoms. The molecule has 0 aliphatic carbocycles. The zero-order valence-corrected chi connectivity index (χ0v) is 10.2. The van der Waals surface area contributed by atoms with Crippen molar-refractivity contribution in [2.45, 2.75) is 32.9 Å². The van der Waals surface area contributed by atoms with Crippen molar-refractivity contribution in [3.8, 4) is 0 Å². The molecule has 1 aromatic heterocycles. The summed E-state index contributed by atoms with van der Waals surface area (Å²) < 4.78 is 0. The fourth-order valence-corrected chi connectivity index (χ4v) is 1.15.